The maximum absolute atomic E-state index is 11.7. The van der Waals surface area contributed by atoms with Gasteiger partial charge < -0.3 is 10.1 Å². The maximum Gasteiger partial charge on any atom is 0.225 e. The van der Waals surface area contributed by atoms with E-state index in [2.05, 4.69) is 5.32 Å². The quantitative estimate of drug-likeness (QED) is 0.746. The van der Waals surface area contributed by atoms with Gasteiger partial charge in [-0.15, -0.1) is 11.6 Å². The zero-order chi connectivity index (χ0) is 10.7. The molecule has 1 aliphatic heterocycles. The molecule has 2 aliphatic rings. The van der Waals surface area contributed by atoms with Crippen molar-refractivity contribution in [3.8, 4) is 0 Å². The van der Waals surface area contributed by atoms with Crippen LogP contribution in [0.3, 0.4) is 0 Å². The lowest BCUT2D eigenvalue weighted by atomic mass is 10.0. The lowest BCUT2D eigenvalue weighted by molar-refractivity contribution is -0.128. The number of hydrogen-bond acceptors (Lipinski definition) is 2. The Morgan fingerprint density at radius 3 is 2.87 bits per heavy atom. The van der Waals surface area contributed by atoms with Crippen LogP contribution in [0.15, 0.2) is 0 Å². The van der Waals surface area contributed by atoms with Gasteiger partial charge in [0, 0.05) is 13.2 Å². The first-order valence-corrected chi connectivity index (χ1v) is 6.20. The summed E-state index contributed by atoms with van der Waals surface area (Å²) in [6, 6.07) is 0. The second-order valence-corrected chi connectivity index (χ2v) is 5.07. The van der Waals surface area contributed by atoms with E-state index in [1.807, 2.05) is 0 Å². The summed E-state index contributed by atoms with van der Waals surface area (Å²) in [6.07, 6.45) is 4.38. The summed E-state index contributed by atoms with van der Waals surface area (Å²) in [5.74, 6) is 0.789. The van der Waals surface area contributed by atoms with Gasteiger partial charge in [-0.25, -0.2) is 0 Å². The topological polar surface area (TPSA) is 38.3 Å². The van der Waals surface area contributed by atoms with Crippen LogP contribution in [0, 0.1) is 11.8 Å². The van der Waals surface area contributed by atoms with Crippen LogP contribution >= 0.6 is 11.6 Å². The molecular formula is C11H18ClNO2. The summed E-state index contributed by atoms with van der Waals surface area (Å²) in [6.45, 7) is 1.98. The first-order valence-electron chi connectivity index (χ1n) is 5.77. The predicted molar refractivity (Wildman–Crippen MR) is 58.9 cm³/mol. The Labute approximate surface area is 95.5 Å². The van der Waals surface area contributed by atoms with Gasteiger partial charge in [0.1, 0.15) is 0 Å². The van der Waals surface area contributed by atoms with Gasteiger partial charge in [0.2, 0.25) is 5.91 Å². The second-order valence-electron chi connectivity index (χ2n) is 4.51. The van der Waals surface area contributed by atoms with Gasteiger partial charge in [0.25, 0.3) is 0 Å². The van der Waals surface area contributed by atoms with Crippen molar-refractivity contribution in [2.24, 2.45) is 11.8 Å². The Balaban J connectivity index is 1.66. The average molecular weight is 232 g/mol. The smallest absolute Gasteiger partial charge is 0.225 e. The van der Waals surface area contributed by atoms with E-state index in [1.165, 1.54) is 12.8 Å². The van der Waals surface area contributed by atoms with Crippen LogP contribution in [-0.2, 0) is 9.53 Å². The molecular weight excluding hydrogens is 214 g/mol. The number of hydrogen-bond donors (Lipinski definition) is 1. The highest BCUT2D eigenvalue weighted by molar-refractivity contribution is 6.21. The SMILES string of the molecule is O=C(NCC(Cl)C1CC1)C1CCCOC1. The third kappa shape index (κ3) is 3.35. The monoisotopic (exact) mass is 231 g/mol. The molecule has 2 atom stereocenters. The molecule has 86 valence electrons. The molecule has 1 saturated heterocycles. The number of ether oxygens (including phenoxy) is 1. The highest BCUT2D eigenvalue weighted by Crippen LogP contribution is 2.35. The van der Waals surface area contributed by atoms with Crippen molar-refractivity contribution in [2.45, 2.75) is 31.1 Å². The van der Waals surface area contributed by atoms with Gasteiger partial charge in [-0.2, -0.15) is 0 Å². The van der Waals surface area contributed by atoms with E-state index in [0.717, 1.165) is 19.4 Å². The standard InChI is InChI=1S/C11H18ClNO2/c12-10(8-3-4-8)6-13-11(14)9-2-1-5-15-7-9/h8-10H,1-7H2,(H,13,14). The predicted octanol–water partition coefficient (Wildman–Crippen LogP) is 1.55. The first kappa shape index (κ1) is 11.2. The molecule has 0 radical (unpaired) electrons. The normalized spacial score (nSPS) is 28.5. The summed E-state index contributed by atoms with van der Waals surface area (Å²) in [4.78, 5) is 11.7. The summed E-state index contributed by atoms with van der Waals surface area (Å²) in [7, 11) is 0. The van der Waals surface area contributed by atoms with Crippen molar-refractivity contribution in [2.75, 3.05) is 19.8 Å². The fourth-order valence-electron chi connectivity index (χ4n) is 1.91. The molecule has 15 heavy (non-hydrogen) atoms. The summed E-state index contributed by atoms with van der Waals surface area (Å²) in [5.41, 5.74) is 0. The van der Waals surface area contributed by atoms with Crippen LogP contribution in [0.1, 0.15) is 25.7 Å². The van der Waals surface area contributed by atoms with Gasteiger partial charge in [-0.1, -0.05) is 0 Å². The van der Waals surface area contributed by atoms with Crippen molar-refractivity contribution in [1.29, 1.82) is 0 Å². The fraction of sp³-hybridized carbons (Fsp3) is 0.909. The van der Waals surface area contributed by atoms with Crippen LogP contribution < -0.4 is 5.32 Å². The summed E-state index contributed by atoms with van der Waals surface area (Å²) >= 11 is 6.12. The molecule has 1 amide bonds. The molecule has 2 unspecified atom stereocenters. The fourth-order valence-corrected chi connectivity index (χ4v) is 2.24. The number of halogens is 1. The van der Waals surface area contributed by atoms with Gasteiger partial charge in [-0.05, 0) is 31.6 Å². The van der Waals surface area contributed by atoms with Gasteiger partial charge in [0.15, 0.2) is 0 Å². The minimum Gasteiger partial charge on any atom is -0.381 e. The van der Waals surface area contributed by atoms with Crippen LogP contribution in [-0.4, -0.2) is 31.0 Å². The van der Waals surface area contributed by atoms with Crippen LogP contribution in [0.4, 0.5) is 0 Å². The van der Waals surface area contributed by atoms with Crippen LogP contribution in [0.2, 0.25) is 0 Å². The van der Waals surface area contributed by atoms with Crippen LogP contribution in [0.5, 0.6) is 0 Å². The van der Waals surface area contributed by atoms with E-state index in [9.17, 15) is 4.79 Å². The van der Waals surface area contributed by atoms with E-state index in [4.69, 9.17) is 16.3 Å². The number of amides is 1. The van der Waals surface area contributed by atoms with E-state index in [-0.39, 0.29) is 17.2 Å². The number of carbonyl (C=O) groups is 1. The van der Waals surface area contributed by atoms with Gasteiger partial charge in [0.05, 0.1) is 17.9 Å². The zero-order valence-corrected chi connectivity index (χ0v) is 9.63. The molecule has 0 aromatic rings. The molecule has 1 N–H and O–H groups in total. The van der Waals surface area contributed by atoms with E-state index in [0.29, 0.717) is 19.1 Å². The zero-order valence-electron chi connectivity index (χ0n) is 8.88. The van der Waals surface area contributed by atoms with E-state index < -0.39 is 0 Å². The molecule has 0 bridgehead atoms. The number of nitrogens with one attached hydrogen (secondary N) is 1. The third-order valence-electron chi connectivity index (χ3n) is 3.14. The summed E-state index contributed by atoms with van der Waals surface area (Å²) in [5, 5.41) is 3.05. The molecule has 2 rings (SSSR count). The molecule has 4 heteroatoms. The van der Waals surface area contributed by atoms with Crippen molar-refractivity contribution in [3.05, 3.63) is 0 Å². The average Bonchev–Trinajstić information content (AvgIpc) is 3.10. The third-order valence-corrected chi connectivity index (χ3v) is 3.65. The number of rotatable bonds is 4. The van der Waals surface area contributed by atoms with E-state index in [1.54, 1.807) is 0 Å². The highest BCUT2D eigenvalue weighted by Gasteiger charge is 2.30. The number of carbonyl (C=O) groups excluding carboxylic acids is 1. The van der Waals surface area contributed by atoms with Gasteiger partial charge >= 0.3 is 0 Å². The number of alkyl halides is 1. The molecule has 0 aromatic carbocycles. The Morgan fingerprint density at radius 2 is 2.27 bits per heavy atom. The maximum atomic E-state index is 11.7. The second kappa shape index (κ2) is 5.17. The molecule has 0 aromatic heterocycles. The largest absolute Gasteiger partial charge is 0.381 e. The van der Waals surface area contributed by atoms with Crippen molar-refractivity contribution >= 4 is 17.5 Å². The Hall–Kier alpha value is -0.280. The minimum atomic E-state index is 0.0434. The highest BCUT2D eigenvalue weighted by atomic mass is 35.5. The lowest BCUT2D eigenvalue weighted by Gasteiger charge is -2.21. The molecule has 0 spiro atoms. The van der Waals surface area contributed by atoms with Crippen molar-refractivity contribution in [1.82, 2.24) is 5.32 Å². The first-order chi connectivity index (χ1) is 7.27. The Morgan fingerprint density at radius 1 is 1.47 bits per heavy atom. The van der Waals surface area contributed by atoms with Gasteiger partial charge in [-0.3, -0.25) is 4.79 Å². The molecule has 3 nitrogen and oxygen atoms in total. The van der Waals surface area contributed by atoms with Crippen molar-refractivity contribution in [3.63, 3.8) is 0 Å². The molecule has 1 heterocycles. The summed E-state index contributed by atoms with van der Waals surface area (Å²) < 4.78 is 5.28. The van der Waals surface area contributed by atoms with Crippen LogP contribution in [0.25, 0.3) is 0 Å². The molecule has 2 fully saturated rings. The Kier molecular flexibility index (Phi) is 3.87. The lowest BCUT2D eigenvalue weighted by Crippen LogP contribution is -2.38. The molecule has 1 aliphatic carbocycles. The molecule has 1 saturated carbocycles. The van der Waals surface area contributed by atoms with E-state index >= 15 is 0 Å². The Bertz CT molecular complexity index is 225. The minimum absolute atomic E-state index is 0.0434. The van der Waals surface area contributed by atoms with Crippen molar-refractivity contribution < 1.29 is 9.53 Å².